The van der Waals surface area contributed by atoms with E-state index in [2.05, 4.69) is 56.2 Å². The fourth-order valence-electron chi connectivity index (χ4n) is 3.16. The number of benzene rings is 2. The van der Waals surface area contributed by atoms with Crippen LogP contribution < -0.4 is 10.5 Å². The summed E-state index contributed by atoms with van der Waals surface area (Å²) in [4.78, 5) is 16.9. The van der Waals surface area contributed by atoms with Crippen LogP contribution in [0.4, 0.5) is 13.2 Å². The molecular formula is C24H21BrF3N3O3. The second kappa shape index (κ2) is 11.2. The number of fused-ring (bicyclic) bond motifs is 1. The van der Waals surface area contributed by atoms with Gasteiger partial charge in [0.15, 0.2) is 0 Å². The Balaban J connectivity index is 0.000000406. The number of hydrogen-bond acceptors (Lipinski definition) is 4. The van der Waals surface area contributed by atoms with Gasteiger partial charge in [-0.25, -0.2) is 9.78 Å². The minimum Gasteiger partial charge on any atom is -0.494 e. The number of carboxylic acids is 1. The van der Waals surface area contributed by atoms with Crippen LogP contribution in [0.1, 0.15) is 6.42 Å². The molecule has 34 heavy (non-hydrogen) atoms. The second-order valence-electron chi connectivity index (χ2n) is 7.11. The molecule has 2 heterocycles. The molecule has 2 aromatic heterocycles. The predicted molar refractivity (Wildman–Crippen MR) is 128 cm³/mol. The van der Waals surface area contributed by atoms with Gasteiger partial charge in [0.1, 0.15) is 11.4 Å². The van der Waals surface area contributed by atoms with Gasteiger partial charge in [-0.05, 0) is 58.2 Å². The molecule has 0 saturated heterocycles. The second-order valence-corrected chi connectivity index (χ2v) is 8.02. The van der Waals surface area contributed by atoms with E-state index in [4.69, 9.17) is 20.4 Å². The van der Waals surface area contributed by atoms with Gasteiger partial charge < -0.3 is 20.6 Å². The summed E-state index contributed by atoms with van der Waals surface area (Å²) >= 11 is 3.54. The first-order valence-electron chi connectivity index (χ1n) is 10.2. The van der Waals surface area contributed by atoms with Crippen LogP contribution >= 0.6 is 15.9 Å². The lowest BCUT2D eigenvalue weighted by Crippen LogP contribution is -2.21. The lowest BCUT2D eigenvalue weighted by molar-refractivity contribution is -0.192. The zero-order valence-corrected chi connectivity index (χ0v) is 19.4. The summed E-state index contributed by atoms with van der Waals surface area (Å²) in [6.45, 7) is 1.27. The first kappa shape index (κ1) is 25.3. The first-order chi connectivity index (χ1) is 16.2. The van der Waals surface area contributed by atoms with E-state index in [-0.39, 0.29) is 0 Å². The number of carboxylic acid groups (broad SMARTS) is 1. The SMILES string of the molecule is NCCCOc1ccc(-c2c(-c3ccccc3)[nH]c3ncc(Br)cc23)cc1.O=C(O)C(F)(F)F. The van der Waals surface area contributed by atoms with Crippen LogP contribution in [0.25, 0.3) is 33.4 Å². The van der Waals surface area contributed by atoms with E-state index in [1.807, 2.05) is 36.5 Å². The molecule has 0 aliphatic carbocycles. The molecular weight excluding hydrogens is 515 g/mol. The van der Waals surface area contributed by atoms with Crippen LogP contribution in [-0.2, 0) is 4.79 Å². The molecule has 0 aliphatic heterocycles. The van der Waals surface area contributed by atoms with Gasteiger partial charge in [0, 0.05) is 21.6 Å². The smallest absolute Gasteiger partial charge is 0.490 e. The van der Waals surface area contributed by atoms with Crippen molar-refractivity contribution in [1.29, 1.82) is 0 Å². The lowest BCUT2D eigenvalue weighted by atomic mass is 9.99. The Morgan fingerprint density at radius 2 is 1.74 bits per heavy atom. The highest BCUT2D eigenvalue weighted by molar-refractivity contribution is 9.10. The Labute approximate surface area is 201 Å². The number of aliphatic carboxylic acids is 1. The number of H-pyrrole nitrogens is 1. The molecule has 0 fully saturated rings. The average molecular weight is 536 g/mol. The normalized spacial score (nSPS) is 11.1. The average Bonchev–Trinajstić information content (AvgIpc) is 3.19. The van der Waals surface area contributed by atoms with Crippen molar-refractivity contribution >= 4 is 32.9 Å². The van der Waals surface area contributed by atoms with Crippen LogP contribution in [0, 0.1) is 0 Å². The van der Waals surface area contributed by atoms with Crippen molar-refractivity contribution < 1.29 is 27.8 Å². The fraction of sp³-hybridized carbons (Fsp3) is 0.167. The molecule has 0 unspecified atom stereocenters. The number of hydrogen-bond donors (Lipinski definition) is 3. The number of carbonyl (C=O) groups is 1. The van der Waals surface area contributed by atoms with Crippen LogP contribution in [0.5, 0.6) is 5.75 Å². The maximum absolute atomic E-state index is 10.6. The minimum atomic E-state index is -5.08. The molecule has 0 saturated carbocycles. The summed E-state index contributed by atoms with van der Waals surface area (Å²) in [5.74, 6) is -1.90. The number of alkyl halides is 3. The van der Waals surface area contributed by atoms with Crippen LogP contribution in [0.2, 0.25) is 0 Å². The highest BCUT2D eigenvalue weighted by atomic mass is 79.9. The Bertz CT molecular complexity index is 1240. The van der Waals surface area contributed by atoms with Gasteiger partial charge in [0.05, 0.1) is 12.3 Å². The van der Waals surface area contributed by atoms with Gasteiger partial charge in [-0.2, -0.15) is 13.2 Å². The fourth-order valence-corrected chi connectivity index (χ4v) is 3.49. The van der Waals surface area contributed by atoms with E-state index in [1.165, 1.54) is 0 Å². The standard InChI is InChI=1S/C22H20BrN3O.C2HF3O2/c23-17-13-19-20(15-7-9-18(10-8-15)27-12-4-11-24)21(26-22(19)25-14-17)16-5-2-1-3-6-16;3-2(4,5)1(6)7/h1-3,5-10,13-14H,4,11-12,24H2,(H,25,26);(H,6,7). The first-order valence-corrected chi connectivity index (χ1v) is 11.0. The molecule has 0 bridgehead atoms. The van der Waals surface area contributed by atoms with Crippen LogP contribution in [0.15, 0.2) is 71.3 Å². The largest absolute Gasteiger partial charge is 0.494 e. The summed E-state index contributed by atoms with van der Waals surface area (Å²) in [6.07, 6.45) is -2.42. The number of nitrogens with one attached hydrogen (secondary N) is 1. The summed E-state index contributed by atoms with van der Waals surface area (Å²) < 4.78 is 38.4. The number of nitrogens with zero attached hydrogens (tertiary/aromatic N) is 1. The van der Waals surface area contributed by atoms with Crippen molar-refractivity contribution in [3.8, 4) is 28.1 Å². The van der Waals surface area contributed by atoms with Crippen molar-refractivity contribution in [3.63, 3.8) is 0 Å². The molecule has 0 radical (unpaired) electrons. The molecule has 4 aromatic rings. The number of aromatic nitrogens is 2. The highest BCUT2D eigenvalue weighted by Gasteiger charge is 2.38. The summed E-state index contributed by atoms with van der Waals surface area (Å²) in [5.41, 5.74) is 10.8. The van der Waals surface area contributed by atoms with Gasteiger partial charge >= 0.3 is 12.1 Å². The molecule has 0 amide bonds. The van der Waals surface area contributed by atoms with Gasteiger partial charge in [0.2, 0.25) is 0 Å². The Kier molecular flexibility index (Phi) is 8.30. The maximum atomic E-state index is 10.6. The summed E-state index contributed by atoms with van der Waals surface area (Å²) in [6, 6.07) is 20.6. The molecule has 178 valence electrons. The van der Waals surface area contributed by atoms with Gasteiger partial charge in [-0.3, -0.25) is 0 Å². The number of pyridine rings is 1. The monoisotopic (exact) mass is 535 g/mol. The quantitative estimate of drug-likeness (QED) is 0.262. The van der Waals surface area contributed by atoms with Gasteiger partial charge in [-0.15, -0.1) is 0 Å². The molecule has 0 spiro atoms. The van der Waals surface area contributed by atoms with Gasteiger partial charge in [0.25, 0.3) is 0 Å². The highest BCUT2D eigenvalue weighted by Crippen LogP contribution is 2.39. The van der Waals surface area contributed by atoms with E-state index >= 15 is 0 Å². The van der Waals surface area contributed by atoms with E-state index in [1.54, 1.807) is 0 Å². The minimum absolute atomic E-state index is 0.634. The predicted octanol–water partition coefficient (Wildman–Crippen LogP) is 6.02. The number of nitrogens with two attached hydrogens (primary N) is 1. The molecule has 0 atom stereocenters. The topological polar surface area (TPSA) is 101 Å². The van der Waals surface area contributed by atoms with Crippen LogP contribution in [-0.4, -0.2) is 40.4 Å². The molecule has 4 rings (SSSR count). The van der Waals surface area contributed by atoms with Crippen molar-refractivity contribution in [1.82, 2.24) is 9.97 Å². The van der Waals surface area contributed by atoms with Crippen molar-refractivity contribution in [2.45, 2.75) is 12.6 Å². The molecule has 2 aromatic carbocycles. The number of ether oxygens (including phenoxy) is 1. The lowest BCUT2D eigenvalue weighted by Gasteiger charge is -2.08. The van der Waals surface area contributed by atoms with Crippen LogP contribution in [0.3, 0.4) is 0 Å². The van der Waals surface area contributed by atoms with Gasteiger partial charge in [-0.1, -0.05) is 42.5 Å². The van der Waals surface area contributed by atoms with Crippen molar-refractivity contribution in [3.05, 3.63) is 71.3 Å². The zero-order valence-electron chi connectivity index (χ0n) is 17.8. The summed E-state index contributed by atoms with van der Waals surface area (Å²) in [7, 11) is 0. The van der Waals surface area contributed by atoms with E-state index < -0.39 is 12.1 Å². The number of halogens is 4. The van der Waals surface area contributed by atoms with E-state index in [9.17, 15) is 13.2 Å². The van der Waals surface area contributed by atoms with Crippen molar-refractivity contribution in [2.24, 2.45) is 5.73 Å². The maximum Gasteiger partial charge on any atom is 0.490 e. The molecule has 6 nitrogen and oxygen atoms in total. The number of rotatable bonds is 6. The zero-order chi connectivity index (χ0) is 24.7. The van der Waals surface area contributed by atoms with E-state index in [0.717, 1.165) is 50.1 Å². The van der Waals surface area contributed by atoms with Crippen molar-refractivity contribution in [2.75, 3.05) is 13.2 Å². The third kappa shape index (κ3) is 6.36. The Hall–Kier alpha value is -3.37. The Morgan fingerprint density at radius 1 is 1.09 bits per heavy atom. The molecule has 0 aliphatic rings. The Morgan fingerprint density at radius 3 is 2.32 bits per heavy atom. The molecule has 4 N–H and O–H groups in total. The number of aromatic amines is 1. The third-order valence-corrected chi connectivity index (χ3v) is 5.12. The third-order valence-electron chi connectivity index (χ3n) is 4.68. The van der Waals surface area contributed by atoms with E-state index in [0.29, 0.717) is 13.2 Å². The summed E-state index contributed by atoms with van der Waals surface area (Å²) in [5, 5.41) is 8.21. The molecule has 10 heteroatoms.